The van der Waals surface area contributed by atoms with Crippen LogP contribution >= 0.6 is 35.0 Å². The van der Waals surface area contributed by atoms with Gasteiger partial charge in [-0.25, -0.2) is 0 Å². The van der Waals surface area contributed by atoms with E-state index in [0.29, 0.717) is 26.4 Å². The number of ether oxygens (including phenoxy) is 2. The van der Waals surface area contributed by atoms with E-state index in [-0.39, 0.29) is 30.9 Å². The van der Waals surface area contributed by atoms with Crippen LogP contribution in [0.1, 0.15) is 11.1 Å². The van der Waals surface area contributed by atoms with Crippen molar-refractivity contribution in [1.82, 2.24) is 4.90 Å². The van der Waals surface area contributed by atoms with Crippen molar-refractivity contribution in [2.45, 2.75) is 6.61 Å². The summed E-state index contributed by atoms with van der Waals surface area (Å²) in [4.78, 5) is 27.4. The van der Waals surface area contributed by atoms with Gasteiger partial charge in [0.1, 0.15) is 24.7 Å². The molecule has 0 radical (unpaired) electrons. The number of hydrogen-bond acceptors (Lipinski definition) is 5. The molecule has 0 N–H and O–H groups in total. The fourth-order valence-corrected chi connectivity index (χ4v) is 5.18. The average Bonchev–Trinajstić information content (AvgIpc) is 3.17. The lowest BCUT2D eigenvalue weighted by Gasteiger charge is -2.14. The Hall–Kier alpha value is -3.45. The molecule has 2 amide bonds. The summed E-state index contributed by atoms with van der Waals surface area (Å²) in [5, 5.41) is 2.64. The third-order valence-corrected chi connectivity index (χ3v) is 7.42. The number of carbonyl (C=O) groups excluding carboxylic acids is 2. The maximum absolute atomic E-state index is 13.2. The highest BCUT2D eigenvalue weighted by atomic mass is 35.5. The molecule has 0 aliphatic carbocycles. The van der Waals surface area contributed by atoms with Gasteiger partial charge in [0.15, 0.2) is 0 Å². The summed E-state index contributed by atoms with van der Waals surface area (Å²) in [7, 11) is 0. The molecule has 1 aliphatic heterocycles. The van der Waals surface area contributed by atoms with Gasteiger partial charge in [0.2, 0.25) is 0 Å². The lowest BCUT2D eigenvalue weighted by Crippen LogP contribution is -2.32. The highest BCUT2D eigenvalue weighted by molar-refractivity contribution is 8.18. The minimum absolute atomic E-state index is 0.110. The molecule has 1 fully saturated rings. The second-order valence-electron chi connectivity index (χ2n) is 8.19. The molecule has 1 saturated heterocycles. The first-order valence-corrected chi connectivity index (χ1v) is 13.1. The van der Waals surface area contributed by atoms with Crippen LogP contribution in [0.3, 0.4) is 0 Å². The number of para-hydroxylation sites is 1. The van der Waals surface area contributed by atoms with E-state index in [1.54, 1.807) is 30.3 Å². The molecule has 1 aliphatic rings. The summed E-state index contributed by atoms with van der Waals surface area (Å²) in [6.45, 7) is 0.508. The fraction of sp³-hybridized carbons (Fsp3) is 0.103. The van der Waals surface area contributed by atoms with Gasteiger partial charge in [-0.15, -0.1) is 0 Å². The summed E-state index contributed by atoms with van der Waals surface area (Å²) in [5.41, 5.74) is 1.57. The first-order valence-electron chi connectivity index (χ1n) is 11.5. The standard InChI is InChI=1S/C29H21Cl2NO4S/c30-23-10-4-2-8-20(23)18-36-25-14-13-19-7-1-3-9-21(19)22(25)17-27-28(33)32(29(34)37-27)15-16-35-26-12-6-5-11-24(26)31/h1-14,17H,15-16,18H2/b27-17-. The first-order chi connectivity index (χ1) is 18.0. The largest absolute Gasteiger partial charge is 0.490 e. The Labute approximate surface area is 228 Å². The molecule has 4 aromatic rings. The Balaban J connectivity index is 1.39. The van der Waals surface area contributed by atoms with Crippen molar-refractivity contribution in [3.8, 4) is 11.5 Å². The normalized spacial score (nSPS) is 14.5. The minimum atomic E-state index is -0.372. The molecule has 8 heteroatoms. The zero-order valence-electron chi connectivity index (χ0n) is 19.5. The van der Waals surface area contributed by atoms with Crippen LogP contribution in [0.25, 0.3) is 16.8 Å². The first kappa shape index (κ1) is 25.2. The maximum atomic E-state index is 13.2. The number of imide groups is 1. The third-order valence-electron chi connectivity index (χ3n) is 5.83. The molecule has 0 aromatic heterocycles. The molecule has 0 unspecified atom stereocenters. The van der Waals surface area contributed by atoms with Gasteiger partial charge in [0.25, 0.3) is 11.1 Å². The van der Waals surface area contributed by atoms with E-state index in [0.717, 1.165) is 33.7 Å². The van der Waals surface area contributed by atoms with Crippen LogP contribution in [0.4, 0.5) is 4.79 Å². The Morgan fingerprint density at radius 2 is 1.51 bits per heavy atom. The van der Waals surface area contributed by atoms with E-state index in [4.69, 9.17) is 32.7 Å². The second-order valence-corrected chi connectivity index (χ2v) is 10.00. The Morgan fingerprint density at radius 3 is 2.32 bits per heavy atom. The molecule has 37 heavy (non-hydrogen) atoms. The van der Waals surface area contributed by atoms with Gasteiger partial charge in [0, 0.05) is 16.1 Å². The van der Waals surface area contributed by atoms with Crippen LogP contribution in [0.15, 0.2) is 89.8 Å². The van der Waals surface area contributed by atoms with Crippen LogP contribution in [0.5, 0.6) is 11.5 Å². The summed E-state index contributed by atoms with van der Waals surface area (Å²) in [5.74, 6) is 0.720. The topological polar surface area (TPSA) is 55.8 Å². The van der Waals surface area contributed by atoms with Crippen molar-refractivity contribution in [3.63, 3.8) is 0 Å². The summed E-state index contributed by atoms with van der Waals surface area (Å²) < 4.78 is 11.8. The number of amides is 2. The highest BCUT2D eigenvalue weighted by Gasteiger charge is 2.35. The number of halogens is 2. The van der Waals surface area contributed by atoms with E-state index in [1.165, 1.54) is 4.90 Å². The highest BCUT2D eigenvalue weighted by Crippen LogP contribution is 2.37. The number of carbonyl (C=O) groups is 2. The van der Waals surface area contributed by atoms with E-state index in [2.05, 4.69) is 0 Å². The minimum Gasteiger partial charge on any atom is -0.490 e. The molecular formula is C29H21Cl2NO4S. The number of fused-ring (bicyclic) bond motifs is 1. The van der Waals surface area contributed by atoms with Gasteiger partial charge in [-0.3, -0.25) is 14.5 Å². The van der Waals surface area contributed by atoms with Crippen LogP contribution in [0.2, 0.25) is 10.0 Å². The number of hydrogen-bond donors (Lipinski definition) is 0. The van der Waals surface area contributed by atoms with Crippen molar-refractivity contribution >= 4 is 63.0 Å². The lowest BCUT2D eigenvalue weighted by molar-refractivity contribution is -0.123. The Bertz CT molecular complexity index is 1520. The van der Waals surface area contributed by atoms with E-state index >= 15 is 0 Å². The molecule has 0 saturated carbocycles. The molecular weight excluding hydrogens is 529 g/mol. The monoisotopic (exact) mass is 549 g/mol. The van der Waals surface area contributed by atoms with E-state index in [9.17, 15) is 9.59 Å². The predicted octanol–water partition coefficient (Wildman–Crippen LogP) is 7.84. The smallest absolute Gasteiger partial charge is 0.293 e. The quantitative estimate of drug-likeness (QED) is 0.209. The SMILES string of the molecule is O=C1S/C(=C\c2c(OCc3ccccc3Cl)ccc3ccccc23)C(=O)N1CCOc1ccccc1Cl. The molecule has 5 nitrogen and oxygen atoms in total. The second kappa shape index (κ2) is 11.3. The summed E-state index contributed by atoms with van der Waals surface area (Å²) >= 11 is 13.3. The van der Waals surface area contributed by atoms with Crippen molar-refractivity contribution in [2.24, 2.45) is 0 Å². The number of thioether (sulfide) groups is 1. The van der Waals surface area contributed by atoms with E-state index in [1.807, 2.05) is 60.7 Å². The molecule has 186 valence electrons. The Kier molecular flexibility index (Phi) is 7.70. The van der Waals surface area contributed by atoms with Crippen LogP contribution < -0.4 is 9.47 Å². The lowest BCUT2D eigenvalue weighted by atomic mass is 10.0. The molecule has 5 rings (SSSR count). The van der Waals surface area contributed by atoms with E-state index < -0.39 is 0 Å². The van der Waals surface area contributed by atoms with Crippen LogP contribution in [-0.2, 0) is 11.4 Å². The van der Waals surface area contributed by atoms with Gasteiger partial charge in [-0.05, 0) is 52.9 Å². The van der Waals surface area contributed by atoms with Gasteiger partial charge < -0.3 is 9.47 Å². The van der Waals surface area contributed by atoms with Crippen molar-refractivity contribution in [1.29, 1.82) is 0 Å². The zero-order valence-corrected chi connectivity index (χ0v) is 21.9. The third kappa shape index (κ3) is 5.62. The average molecular weight is 550 g/mol. The van der Waals surface area contributed by atoms with Crippen molar-refractivity contribution in [3.05, 3.63) is 111 Å². The number of rotatable bonds is 8. The number of benzene rings is 4. The predicted molar refractivity (Wildman–Crippen MR) is 149 cm³/mol. The molecule has 1 heterocycles. The van der Waals surface area contributed by atoms with Gasteiger partial charge >= 0.3 is 0 Å². The molecule has 0 spiro atoms. The molecule has 0 bridgehead atoms. The molecule has 4 aromatic carbocycles. The van der Waals surface area contributed by atoms with Gasteiger partial charge in [-0.2, -0.15) is 0 Å². The summed E-state index contributed by atoms with van der Waals surface area (Å²) in [6, 6.07) is 26.2. The van der Waals surface area contributed by atoms with Crippen LogP contribution in [-0.4, -0.2) is 29.2 Å². The zero-order chi connectivity index (χ0) is 25.8. The van der Waals surface area contributed by atoms with Crippen molar-refractivity contribution in [2.75, 3.05) is 13.2 Å². The fourth-order valence-electron chi connectivity index (χ4n) is 3.95. The van der Waals surface area contributed by atoms with Gasteiger partial charge in [0.05, 0.1) is 16.5 Å². The molecule has 0 atom stereocenters. The van der Waals surface area contributed by atoms with Crippen LogP contribution in [0, 0.1) is 0 Å². The summed E-state index contributed by atoms with van der Waals surface area (Å²) in [6.07, 6.45) is 1.73. The number of nitrogens with zero attached hydrogens (tertiary/aromatic N) is 1. The maximum Gasteiger partial charge on any atom is 0.293 e. The Morgan fingerprint density at radius 1 is 0.784 bits per heavy atom. The van der Waals surface area contributed by atoms with Gasteiger partial charge in [-0.1, -0.05) is 83.9 Å². The van der Waals surface area contributed by atoms with Crippen molar-refractivity contribution < 1.29 is 19.1 Å².